The van der Waals surface area contributed by atoms with Crippen LogP contribution in [0.25, 0.3) is 11.3 Å². The lowest BCUT2D eigenvalue weighted by Crippen LogP contribution is -2.45. The summed E-state index contributed by atoms with van der Waals surface area (Å²) in [5.74, 6) is 1.11. The van der Waals surface area contributed by atoms with Gasteiger partial charge < -0.3 is 19.7 Å². The molecule has 8 heteroatoms. The number of aryl methyl sites for hydroxylation is 1. The smallest absolute Gasteiger partial charge is 0.267 e. The highest BCUT2D eigenvalue weighted by Crippen LogP contribution is 2.34. The molecule has 1 N–H and O–H groups in total. The minimum absolute atomic E-state index is 0.153. The second kappa shape index (κ2) is 9.40. The average molecular weight is 452 g/mol. The Hall–Kier alpha value is -3.39. The van der Waals surface area contributed by atoms with Crippen LogP contribution in [-0.4, -0.2) is 36.1 Å². The molecule has 1 aromatic heterocycles. The number of rotatable bonds is 7. The van der Waals surface area contributed by atoms with Gasteiger partial charge in [0.15, 0.2) is 11.2 Å². The standard InChI is InChI=1S/C24H25N3O4S/c1-4-30-18-11-9-17(10-12-18)22-16(3)32-24(26-22)25-21(28)13-14-27-19-7-5-6-8-20(19)31-15(2)23(27)29/h5-12,15H,4,13-14H2,1-3H3,(H,25,26,28). The number of carbonyl (C=O) groups is 2. The van der Waals surface area contributed by atoms with Gasteiger partial charge in [0.05, 0.1) is 18.0 Å². The molecule has 2 aromatic carbocycles. The first-order chi connectivity index (χ1) is 15.5. The van der Waals surface area contributed by atoms with Gasteiger partial charge in [-0.05, 0) is 57.2 Å². The second-order valence-corrected chi connectivity index (χ2v) is 8.60. The maximum atomic E-state index is 12.6. The molecule has 1 aliphatic rings. The highest BCUT2D eigenvalue weighted by atomic mass is 32.1. The minimum Gasteiger partial charge on any atom is -0.494 e. The molecule has 0 saturated carbocycles. The van der Waals surface area contributed by atoms with Gasteiger partial charge in [0.1, 0.15) is 11.5 Å². The van der Waals surface area contributed by atoms with Crippen molar-refractivity contribution >= 4 is 34.0 Å². The number of amides is 2. The molecule has 1 atom stereocenters. The predicted molar refractivity (Wildman–Crippen MR) is 126 cm³/mol. The number of ether oxygens (including phenoxy) is 2. The Morgan fingerprint density at radius 3 is 2.72 bits per heavy atom. The lowest BCUT2D eigenvalue weighted by molar-refractivity contribution is -0.125. The number of fused-ring (bicyclic) bond motifs is 1. The summed E-state index contributed by atoms with van der Waals surface area (Å²) in [4.78, 5) is 32.4. The zero-order valence-corrected chi connectivity index (χ0v) is 19.1. The van der Waals surface area contributed by atoms with Crippen LogP contribution in [0.5, 0.6) is 11.5 Å². The van der Waals surface area contributed by atoms with E-state index < -0.39 is 6.10 Å². The first-order valence-electron chi connectivity index (χ1n) is 10.5. The molecule has 0 fully saturated rings. The van der Waals surface area contributed by atoms with Crippen molar-refractivity contribution in [1.82, 2.24) is 4.98 Å². The summed E-state index contributed by atoms with van der Waals surface area (Å²) in [7, 11) is 0. The van der Waals surface area contributed by atoms with Gasteiger partial charge in [-0.2, -0.15) is 0 Å². The van der Waals surface area contributed by atoms with Gasteiger partial charge in [0.25, 0.3) is 5.91 Å². The Morgan fingerprint density at radius 1 is 1.22 bits per heavy atom. The number of hydrogen-bond acceptors (Lipinski definition) is 6. The van der Waals surface area contributed by atoms with Crippen LogP contribution in [0.2, 0.25) is 0 Å². The quantitative estimate of drug-likeness (QED) is 0.565. The van der Waals surface area contributed by atoms with Gasteiger partial charge >= 0.3 is 0 Å². The number of carbonyl (C=O) groups excluding carboxylic acids is 2. The van der Waals surface area contributed by atoms with Crippen molar-refractivity contribution in [2.24, 2.45) is 0 Å². The van der Waals surface area contributed by atoms with E-state index in [4.69, 9.17) is 9.47 Å². The molecular weight excluding hydrogens is 426 g/mol. The van der Waals surface area contributed by atoms with Crippen molar-refractivity contribution in [3.8, 4) is 22.8 Å². The Morgan fingerprint density at radius 2 is 1.97 bits per heavy atom. The second-order valence-electron chi connectivity index (χ2n) is 7.40. The normalized spacial score (nSPS) is 15.2. The van der Waals surface area contributed by atoms with Crippen molar-refractivity contribution < 1.29 is 19.1 Å². The number of aromatic nitrogens is 1. The maximum Gasteiger partial charge on any atom is 0.267 e. The summed E-state index contributed by atoms with van der Waals surface area (Å²) < 4.78 is 11.1. The molecule has 0 bridgehead atoms. The van der Waals surface area contributed by atoms with Crippen LogP contribution in [0, 0.1) is 6.92 Å². The zero-order valence-electron chi connectivity index (χ0n) is 18.3. The number of hydrogen-bond donors (Lipinski definition) is 1. The molecular formula is C24H25N3O4S. The summed E-state index contributed by atoms with van der Waals surface area (Å²) >= 11 is 1.43. The number of benzene rings is 2. The van der Waals surface area contributed by atoms with E-state index in [-0.39, 0.29) is 24.8 Å². The number of nitrogens with zero attached hydrogens (tertiary/aromatic N) is 2. The molecule has 32 heavy (non-hydrogen) atoms. The first-order valence-corrected chi connectivity index (χ1v) is 11.4. The fourth-order valence-corrected chi connectivity index (χ4v) is 4.43. The van der Waals surface area contributed by atoms with E-state index in [1.165, 1.54) is 11.3 Å². The van der Waals surface area contributed by atoms with Crippen LogP contribution < -0.4 is 19.7 Å². The van der Waals surface area contributed by atoms with E-state index in [0.29, 0.717) is 23.2 Å². The van der Waals surface area contributed by atoms with Crippen LogP contribution in [-0.2, 0) is 9.59 Å². The van der Waals surface area contributed by atoms with Gasteiger partial charge in [-0.15, -0.1) is 11.3 Å². The molecule has 2 amide bonds. The molecule has 166 valence electrons. The third-order valence-electron chi connectivity index (χ3n) is 5.12. The largest absolute Gasteiger partial charge is 0.494 e. The summed E-state index contributed by atoms with van der Waals surface area (Å²) in [5.41, 5.74) is 2.48. The van der Waals surface area contributed by atoms with Crippen molar-refractivity contribution in [3.05, 3.63) is 53.4 Å². The summed E-state index contributed by atoms with van der Waals surface area (Å²) in [5, 5.41) is 3.41. The molecule has 0 radical (unpaired) electrons. The first kappa shape index (κ1) is 21.8. The van der Waals surface area contributed by atoms with E-state index >= 15 is 0 Å². The number of anilines is 2. The summed E-state index contributed by atoms with van der Waals surface area (Å²) in [6.07, 6.45) is -0.421. The van der Waals surface area contributed by atoms with E-state index in [2.05, 4.69) is 10.3 Å². The van der Waals surface area contributed by atoms with Crippen LogP contribution in [0.4, 0.5) is 10.8 Å². The van der Waals surface area contributed by atoms with Crippen molar-refractivity contribution in [2.75, 3.05) is 23.4 Å². The Labute approximate surface area is 191 Å². The molecule has 2 heterocycles. The van der Waals surface area contributed by atoms with Crippen molar-refractivity contribution in [2.45, 2.75) is 33.3 Å². The number of nitrogens with one attached hydrogen (secondary N) is 1. The van der Waals surface area contributed by atoms with Crippen LogP contribution in [0.15, 0.2) is 48.5 Å². The fraction of sp³-hybridized carbons (Fsp3) is 0.292. The van der Waals surface area contributed by atoms with Crippen molar-refractivity contribution in [3.63, 3.8) is 0 Å². The maximum absolute atomic E-state index is 12.6. The van der Waals surface area contributed by atoms with Crippen LogP contribution in [0.1, 0.15) is 25.1 Å². The van der Waals surface area contributed by atoms with Crippen LogP contribution in [0.3, 0.4) is 0 Å². The monoisotopic (exact) mass is 451 g/mol. The molecule has 0 saturated heterocycles. The number of para-hydroxylation sites is 2. The summed E-state index contributed by atoms with van der Waals surface area (Å²) in [6, 6.07) is 15.1. The molecule has 1 aliphatic heterocycles. The van der Waals surface area contributed by atoms with Gasteiger partial charge in [-0.3, -0.25) is 9.59 Å². The van der Waals surface area contributed by atoms with Gasteiger partial charge in [0, 0.05) is 23.4 Å². The molecule has 0 aliphatic carbocycles. The Bertz CT molecular complexity index is 1130. The Kier molecular flexibility index (Phi) is 6.41. The highest BCUT2D eigenvalue weighted by Gasteiger charge is 2.31. The van der Waals surface area contributed by atoms with Crippen LogP contribution >= 0.6 is 11.3 Å². The van der Waals surface area contributed by atoms with Gasteiger partial charge in [-0.25, -0.2) is 4.98 Å². The SMILES string of the molecule is CCOc1ccc(-c2nc(NC(=O)CCN3C(=O)C(C)Oc4ccccc43)sc2C)cc1. The lowest BCUT2D eigenvalue weighted by atomic mass is 10.1. The average Bonchev–Trinajstić information content (AvgIpc) is 3.14. The van der Waals surface area contributed by atoms with E-state index in [1.807, 2.05) is 62.4 Å². The fourth-order valence-electron chi connectivity index (χ4n) is 3.58. The third kappa shape index (κ3) is 4.60. The predicted octanol–water partition coefficient (Wildman–Crippen LogP) is 4.66. The topological polar surface area (TPSA) is 80.8 Å². The minimum atomic E-state index is -0.578. The van der Waals surface area contributed by atoms with Gasteiger partial charge in [0.2, 0.25) is 5.91 Å². The highest BCUT2D eigenvalue weighted by molar-refractivity contribution is 7.16. The third-order valence-corrected chi connectivity index (χ3v) is 6.00. The molecule has 1 unspecified atom stereocenters. The molecule has 0 spiro atoms. The lowest BCUT2D eigenvalue weighted by Gasteiger charge is -2.32. The van der Waals surface area contributed by atoms with E-state index in [9.17, 15) is 9.59 Å². The zero-order chi connectivity index (χ0) is 22.7. The van der Waals surface area contributed by atoms with E-state index in [0.717, 1.165) is 21.9 Å². The van der Waals surface area contributed by atoms with Crippen molar-refractivity contribution in [1.29, 1.82) is 0 Å². The molecule has 4 rings (SSSR count). The van der Waals surface area contributed by atoms with Gasteiger partial charge in [-0.1, -0.05) is 12.1 Å². The summed E-state index contributed by atoms with van der Waals surface area (Å²) in [6.45, 7) is 6.52. The molecule has 7 nitrogen and oxygen atoms in total. The molecule has 3 aromatic rings. The number of thiazole rings is 1. The Balaban J connectivity index is 1.41. The van der Waals surface area contributed by atoms with E-state index in [1.54, 1.807) is 11.8 Å².